The number of hydrogen-bond donors (Lipinski definition) is 2. The summed E-state index contributed by atoms with van der Waals surface area (Å²) in [6.07, 6.45) is 1.56. The molecule has 0 bridgehead atoms. The van der Waals surface area contributed by atoms with Crippen LogP contribution in [0, 0.1) is 6.92 Å². The van der Waals surface area contributed by atoms with Crippen LogP contribution in [-0.2, 0) is 22.6 Å². The van der Waals surface area contributed by atoms with Gasteiger partial charge in [-0.3, -0.25) is 19.7 Å². The van der Waals surface area contributed by atoms with Crippen molar-refractivity contribution in [1.82, 2.24) is 20.4 Å². The van der Waals surface area contributed by atoms with Gasteiger partial charge in [0.15, 0.2) is 10.8 Å². The molecule has 0 spiro atoms. The first-order chi connectivity index (χ1) is 12.5. The van der Waals surface area contributed by atoms with E-state index in [0.29, 0.717) is 43.2 Å². The van der Waals surface area contributed by atoms with Crippen LogP contribution in [0.5, 0.6) is 0 Å². The number of hydrogen-bond acceptors (Lipinski definition) is 7. The third-order valence-corrected chi connectivity index (χ3v) is 5.42. The van der Waals surface area contributed by atoms with Gasteiger partial charge in [0.25, 0.3) is 5.91 Å². The molecule has 2 aliphatic heterocycles. The average Bonchev–Trinajstić information content (AvgIpc) is 3.32. The van der Waals surface area contributed by atoms with E-state index in [1.165, 1.54) is 11.3 Å². The van der Waals surface area contributed by atoms with E-state index in [0.717, 1.165) is 10.6 Å². The van der Waals surface area contributed by atoms with Gasteiger partial charge in [-0.2, -0.15) is 0 Å². The Labute approximate surface area is 152 Å². The molecule has 0 saturated carbocycles. The highest BCUT2D eigenvalue weighted by molar-refractivity contribution is 7.15. The zero-order valence-corrected chi connectivity index (χ0v) is 14.9. The fraction of sp³-hybridized carbons (Fsp3) is 0.438. The second kappa shape index (κ2) is 6.52. The number of rotatable bonds is 3. The number of aromatic nitrogens is 2. The lowest BCUT2D eigenvalue weighted by Gasteiger charge is -2.28. The van der Waals surface area contributed by atoms with Crippen LogP contribution in [0.25, 0.3) is 0 Å². The maximum atomic E-state index is 12.5. The summed E-state index contributed by atoms with van der Waals surface area (Å²) >= 11 is 1.35. The van der Waals surface area contributed by atoms with Crippen LogP contribution in [0.3, 0.4) is 0 Å². The van der Waals surface area contributed by atoms with Gasteiger partial charge in [-0.15, -0.1) is 0 Å². The predicted molar refractivity (Wildman–Crippen MR) is 91.6 cm³/mol. The van der Waals surface area contributed by atoms with Crippen LogP contribution < -0.4 is 10.6 Å². The monoisotopic (exact) mass is 375 g/mol. The second-order valence-corrected chi connectivity index (χ2v) is 7.42. The molecule has 2 aromatic heterocycles. The molecule has 26 heavy (non-hydrogen) atoms. The minimum absolute atomic E-state index is 0.0569. The fourth-order valence-electron chi connectivity index (χ4n) is 3.09. The first-order valence-electron chi connectivity index (χ1n) is 8.31. The van der Waals surface area contributed by atoms with Crippen LogP contribution in [0.2, 0.25) is 0 Å². The Hall–Kier alpha value is -2.75. The molecular formula is C16H17N5O4S. The summed E-state index contributed by atoms with van der Waals surface area (Å²) in [4.78, 5) is 43.1. The van der Waals surface area contributed by atoms with E-state index in [9.17, 15) is 14.4 Å². The van der Waals surface area contributed by atoms with Crippen molar-refractivity contribution in [3.05, 3.63) is 28.1 Å². The molecule has 0 radical (unpaired) electrons. The van der Waals surface area contributed by atoms with E-state index in [4.69, 9.17) is 4.52 Å². The Morgan fingerprint density at radius 1 is 1.42 bits per heavy atom. The molecule has 1 atom stereocenters. The molecule has 9 nitrogen and oxygen atoms in total. The molecule has 1 unspecified atom stereocenters. The Balaban J connectivity index is 1.43. The van der Waals surface area contributed by atoms with Crippen LogP contribution in [0.15, 0.2) is 10.6 Å². The second-order valence-electron chi connectivity index (χ2n) is 6.33. The summed E-state index contributed by atoms with van der Waals surface area (Å²) in [5.41, 5.74) is 1.09. The molecule has 2 aromatic rings. The first kappa shape index (κ1) is 16.7. The highest BCUT2D eigenvalue weighted by Gasteiger charge is 2.33. The number of thiazole rings is 1. The third kappa shape index (κ3) is 3.19. The highest BCUT2D eigenvalue weighted by atomic mass is 32.1. The molecule has 2 N–H and O–H groups in total. The van der Waals surface area contributed by atoms with Crippen molar-refractivity contribution in [1.29, 1.82) is 0 Å². The van der Waals surface area contributed by atoms with Gasteiger partial charge in [-0.1, -0.05) is 16.5 Å². The predicted octanol–water partition coefficient (Wildman–Crippen LogP) is 0.855. The van der Waals surface area contributed by atoms with Crippen molar-refractivity contribution in [2.45, 2.75) is 38.8 Å². The van der Waals surface area contributed by atoms with Crippen molar-refractivity contribution in [2.24, 2.45) is 0 Å². The van der Waals surface area contributed by atoms with Gasteiger partial charge in [0, 0.05) is 30.3 Å². The Morgan fingerprint density at radius 2 is 2.27 bits per heavy atom. The third-order valence-electron chi connectivity index (χ3n) is 4.42. The van der Waals surface area contributed by atoms with Gasteiger partial charge < -0.3 is 14.7 Å². The summed E-state index contributed by atoms with van der Waals surface area (Å²) < 4.78 is 4.90. The molecule has 4 heterocycles. The number of anilines is 1. The van der Waals surface area contributed by atoms with E-state index in [1.807, 2.05) is 0 Å². The molecule has 1 saturated heterocycles. The van der Waals surface area contributed by atoms with E-state index in [1.54, 1.807) is 17.9 Å². The highest BCUT2D eigenvalue weighted by Crippen LogP contribution is 2.29. The molecular weight excluding hydrogens is 358 g/mol. The summed E-state index contributed by atoms with van der Waals surface area (Å²) in [5.74, 6) is 0.0433. The number of nitrogens with one attached hydrogen (secondary N) is 2. The summed E-state index contributed by atoms with van der Waals surface area (Å²) in [7, 11) is 0. The van der Waals surface area contributed by atoms with Crippen LogP contribution in [-0.4, -0.2) is 45.3 Å². The van der Waals surface area contributed by atoms with Crippen molar-refractivity contribution >= 4 is 34.2 Å². The van der Waals surface area contributed by atoms with Gasteiger partial charge >= 0.3 is 0 Å². The lowest BCUT2D eigenvalue weighted by atomic mass is 10.1. The summed E-state index contributed by atoms with van der Waals surface area (Å²) in [6.45, 7) is 2.71. The van der Waals surface area contributed by atoms with Gasteiger partial charge in [-0.05, 0) is 13.3 Å². The van der Waals surface area contributed by atoms with Crippen LogP contribution >= 0.6 is 11.3 Å². The smallest absolute Gasteiger partial charge is 0.279 e. The lowest BCUT2D eigenvalue weighted by Crippen LogP contribution is -2.46. The Bertz CT molecular complexity index is 889. The van der Waals surface area contributed by atoms with Gasteiger partial charge in [0.1, 0.15) is 11.8 Å². The number of carbonyl (C=O) groups excluding carboxylic acids is 3. The van der Waals surface area contributed by atoms with E-state index >= 15 is 0 Å². The van der Waals surface area contributed by atoms with Gasteiger partial charge in [0.2, 0.25) is 11.8 Å². The van der Waals surface area contributed by atoms with E-state index in [2.05, 4.69) is 20.8 Å². The molecule has 10 heteroatoms. The number of carbonyl (C=O) groups is 3. The quantitative estimate of drug-likeness (QED) is 0.821. The zero-order valence-electron chi connectivity index (χ0n) is 14.1. The lowest BCUT2D eigenvalue weighted by molar-refractivity contribution is -0.135. The van der Waals surface area contributed by atoms with Crippen molar-refractivity contribution in [2.75, 3.05) is 11.9 Å². The van der Waals surface area contributed by atoms with Crippen LogP contribution in [0.1, 0.15) is 39.7 Å². The number of amides is 3. The van der Waals surface area contributed by atoms with Crippen molar-refractivity contribution in [3.63, 3.8) is 0 Å². The first-order valence-corrected chi connectivity index (χ1v) is 9.12. The molecule has 1 fully saturated rings. The standard InChI is InChI=1S/C16H17N5O4S/c1-8-6-11(20-25-8)14(23)19-16-18-9-4-5-21(7-12(9)26-16)15(24)10-2-3-13(22)17-10/h6,10H,2-5,7H2,1H3,(H,17,22)(H,18,19,23). The largest absolute Gasteiger partial charge is 0.361 e. The molecule has 2 aliphatic rings. The fourth-order valence-corrected chi connectivity index (χ4v) is 4.11. The summed E-state index contributed by atoms with van der Waals surface area (Å²) in [5, 5.41) is 9.59. The van der Waals surface area contributed by atoms with E-state index < -0.39 is 6.04 Å². The molecule has 136 valence electrons. The SMILES string of the molecule is Cc1cc(C(=O)Nc2nc3c(s2)CN(C(=O)C2CCC(=O)N2)CC3)no1. The number of aryl methyl sites for hydroxylation is 1. The minimum Gasteiger partial charge on any atom is -0.361 e. The number of nitrogens with zero attached hydrogens (tertiary/aromatic N) is 3. The Morgan fingerprint density at radius 3 is 2.96 bits per heavy atom. The van der Waals surface area contributed by atoms with Crippen molar-refractivity contribution < 1.29 is 18.9 Å². The molecule has 4 rings (SSSR count). The molecule has 0 aromatic carbocycles. The average molecular weight is 375 g/mol. The van der Waals surface area contributed by atoms with Gasteiger partial charge in [0.05, 0.1) is 12.2 Å². The van der Waals surface area contributed by atoms with E-state index in [-0.39, 0.29) is 23.4 Å². The zero-order chi connectivity index (χ0) is 18.3. The maximum absolute atomic E-state index is 12.5. The molecule has 3 amide bonds. The summed E-state index contributed by atoms with van der Waals surface area (Å²) in [6, 6.07) is 1.13. The topological polar surface area (TPSA) is 117 Å². The number of fused-ring (bicyclic) bond motifs is 1. The maximum Gasteiger partial charge on any atom is 0.279 e. The molecule has 0 aliphatic carbocycles. The normalized spacial score (nSPS) is 19.2. The van der Waals surface area contributed by atoms with Crippen LogP contribution in [0.4, 0.5) is 5.13 Å². The minimum atomic E-state index is -0.424. The Kier molecular flexibility index (Phi) is 4.19. The van der Waals surface area contributed by atoms with Crippen molar-refractivity contribution in [3.8, 4) is 0 Å². The van der Waals surface area contributed by atoms with Gasteiger partial charge in [-0.25, -0.2) is 4.98 Å².